The van der Waals surface area contributed by atoms with Crippen LogP contribution in [0.2, 0.25) is 0 Å². The molecule has 0 bridgehead atoms. The number of amides is 2. The van der Waals surface area contributed by atoms with Crippen LogP contribution >= 0.6 is 0 Å². The van der Waals surface area contributed by atoms with Crippen molar-refractivity contribution in [2.45, 2.75) is 38.3 Å². The number of carbonyl (C=O) groups excluding carboxylic acids is 1. The van der Waals surface area contributed by atoms with Crippen LogP contribution in [-0.2, 0) is 9.53 Å². The van der Waals surface area contributed by atoms with Crippen LogP contribution in [0, 0.1) is 11.8 Å². The molecule has 108 valence electrons. The first-order chi connectivity index (χ1) is 9.02. The number of ether oxygens (including phenoxy) is 1. The van der Waals surface area contributed by atoms with Crippen molar-refractivity contribution in [1.82, 2.24) is 10.2 Å². The molecule has 19 heavy (non-hydrogen) atoms. The van der Waals surface area contributed by atoms with Crippen LogP contribution in [0.25, 0.3) is 0 Å². The summed E-state index contributed by atoms with van der Waals surface area (Å²) in [7, 11) is 1.67. The van der Waals surface area contributed by atoms with Crippen LogP contribution in [0.1, 0.15) is 26.2 Å². The molecule has 0 aromatic heterocycles. The van der Waals surface area contributed by atoms with Crippen molar-refractivity contribution in [2.24, 2.45) is 11.8 Å². The maximum Gasteiger partial charge on any atom is 0.317 e. The van der Waals surface area contributed by atoms with Crippen molar-refractivity contribution in [3.8, 4) is 0 Å². The Morgan fingerprint density at radius 2 is 2.05 bits per heavy atom. The van der Waals surface area contributed by atoms with Crippen LogP contribution in [-0.4, -0.2) is 54.4 Å². The lowest BCUT2D eigenvalue weighted by Crippen LogP contribution is -2.48. The van der Waals surface area contributed by atoms with E-state index in [1.54, 1.807) is 12.0 Å². The summed E-state index contributed by atoms with van der Waals surface area (Å²) in [4.78, 5) is 24.5. The minimum atomic E-state index is -0.823. The molecule has 2 aliphatic rings. The van der Waals surface area contributed by atoms with Crippen LogP contribution in [0.15, 0.2) is 0 Å². The molecule has 1 aliphatic heterocycles. The number of carbonyl (C=O) groups is 2. The number of hydrogen-bond acceptors (Lipinski definition) is 3. The molecule has 6 nitrogen and oxygen atoms in total. The zero-order valence-electron chi connectivity index (χ0n) is 11.5. The highest BCUT2D eigenvalue weighted by Crippen LogP contribution is 2.35. The molecule has 1 heterocycles. The molecule has 1 aliphatic carbocycles. The molecule has 0 spiro atoms. The van der Waals surface area contributed by atoms with Crippen molar-refractivity contribution in [3.05, 3.63) is 0 Å². The molecule has 3 atom stereocenters. The first kappa shape index (κ1) is 14.1. The predicted octanol–water partition coefficient (Wildman–Crippen LogP) is 0.916. The molecule has 6 heteroatoms. The van der Waals surface area contributed by atoms with Crippen molar-refractivity contribution >= 4 is 12.0 Å². The highest BCUT2D eigenvalue weighted by molar-refractivity contribution is 5.77. The smallest absolute Gasteiger partial charge is 0.317 e. The van der Waals surface area contributed by atoms with Gasteiger partial charge in [-0.1, -0.05) is 0 Å². The number of nitrogens with zero attached hydrogens (tertiary/aromatic N) is 1. The number of carboxylic acids is 1. The summed E-state index contributed by atoms with van der Waals surface area (Å²) >= 11 is 0. The predicted molar refractivity (Wildman–Crippen MR) is 68.8 cm³/mol. The van der Waals surface area contributed by atoms with Gasteiger partial charge in [-0.3, -0.25) is 4.79 Å². The normalized spacial score (nSPS) is 26.0. The van der Waals surface area contributed by atoms with E-state index >= 15 is 0 Å². The highest BCUT2D eigenvalue weighted by Gasteiger charge is 2.37. The second-order valence-corrected chi connectivity index (χ2v) is 5.55. The fourth-order valence-corrected chi connectivity index (χ4v) is 2.74. The first-order valence-electron chi connectivity index (χ1n) is 6.84. The third-order valence-corrected chi connectivity index (χ3v) is 4.03. The van der Waals surface area contributed by atoms with E-state index in [0.29, 0.717) is 25.4 Å². The Morgan fingerprint density at radius 3 is 2.53 bits per heavy atom. The molecule has 2 fully saturated rings. The van der Waals surface area contributed by atoms with Gasteiger partial charge >= 0.3 is 12.0 Å². The van der Waals surface area contributed by atoms with Crippen molar-refractivity contribution < 1.29 is 19.4 Å². The summed E-state index contributed by atoms with van der Waals surface area (Å²) in [5.74, 6) is -0.704. The van der Waals surface area contributed by atoms with Gasteiger partial charge in [0.2, 0.25) is 0 Å². The minimum Gasteiger partial charge on any atom is -0.481 e. The third kappa shape index (κ3) is 3.37. The summed E-state index contributed by atoms with van der Waals surface area (Å²) in [6, 6.07) is -0.229. The zero-order chi connectivity index (χ0) is 14.0. The molecule has 0 radical (unpaired) electrons. The average molecular weight is 270 g/mol. The lowest BCUT2D eigenvalue weighted by Gasteiger charge is -2.26. The molecule has 2 N–H and O–H groups in total. The fourth-order valence-electron chi connectivity index (χ4n) is 2.74. The molecule has 1 saturated carbocycles. The van der Waals surface area contributed by atoms with Gasteiger partial charge in [-0.2, -0.15) is 0 Å². The minimum absolute atomic E-state index is 0.0473. The first-order valence-corrected chi connectivity index (χ1v) is 6.84. The Hall–Kier alpha value is -1.30. The summed E-state index contributed by atoms with van der Waals surface area (Å²) in [6.07, 6.45) is 2.90. The van der Waals surface area contributed by atoms with Gasteiger partial charge in [0, 0.05) is 20.2 Å². The number of carboxylic acid groups (broad SMARTS) is 1. The molecule has 2 amide bonds. The number of urea groups is 1. The number of rotatable bonds is 5. The van der Waals surface area contributed by atoms with Gasteiger partial charge in [0.15, 0.2) is 0 Å². The zero-order valence-corrected chi connectivity index (χ0v) is 11.5. The molecular formula is C13H22N2O4. The summed E-state index contributed by atoms with van der Waals surface area (Å²) in [5.41, 5.74) is 0. The quantitative estimate of drug-likeness (QED) is 0.778. The number of likely N-dealkylation sites (tertiary alicyclic amines) is 1. The van der Waals surface area contributed by atoms with Crippen LogP contribution < -0.4 is 5.32 Å². The van der Waals surface area contributed by atoms with E-state index < -0.39 is 11.9 Å². The average Bonchev–Trinajstić information content (AvgIpc) is 3.05. The van der Waals surface area contributed by atoms with Gasteiger partial charge in [-0.05, 0) is 32.1 Å². The molecule has 0 aromatic rings. The number of hydrogen-bond donors (Lipinski definition) is 2. The van der Waals surface area contributed by atoms with Gasteiger partial charge in [-0.15, -0.1) is 0 Å². The maximum absolute atomic E-state index is 12.1. The van der Waals surface area contributed by atoms with Gasteiger partial charge in [0.1, 0.15) is 0 Å². The molecule has 0 aromatic carbocycles. The second-order valence-electron chi connectivity index (χ2n) is 5.55. The highest BCUT2D eigenvalue weighted by atomic mass is 16.5. The van der Waals surface area contributed by atoms with E-state index in [1.807, 2.05) is 6.92 Å². The fraction of sp³-hybridized carbons (Fsp3) is 0.846. The lowest BCUT2D eigenvalue weighted by molar-refractivity contribution is -0.141. The van der Waals surface area contributed by atoms with E-state index in [-0.39, 0.29) is 18.2 Å². The molecular weight excluding hydrogens is 248 g/mol. The van der Waals surface area contributed by atoms with E-state index in [2.05, 4.69) is 5.32 Å². The van der Waals surface area contributed by atoms with Crippen molar-refractivity contribution in [3.63, 3.8) is 0 Å². The van der Waals surface area contributed by atoms with E-state index in [9.17, 15) is 9.59 Å². The van der Waals surface area contributed by atoms with Crippen LogP contribution in [0.3, 0.4) is 0 Å². The largest absolute Gasteiger partial charge is 0.481 e. The molecule has 2 rings (SSSR count). The van der Waals surface area contributed by atoms with Gasteiger partial charge in [0.05, 0.1) is 18.1 Å². The lowest BCUT2D eigenvalue weighted by atomic mass is 10.1. The number of methoxy groups -OCH3 is 1. The summed E-state index contributed by atoms with van der Waals surface area (Å²) in [6.45, 7) is 2.75. The Bertz CT molecular complexity index is 357. The van der Waals surface area contributed by atoms with Crippen molar-refractivity contribution in [1.29, 1.82) is 0 Å². The second kappa shape index (κ2) is 5.77. The van der Waals surface area contributed by atoms with Crippen LogP contribution in [0.4, 0.5) is 4.79 Å². The van der Waals surface area contributed by atoms with Gasteiger partial charge in [0.25, 0.3) is 0 Å². The Morgan fingerprint density at radius 1 is 1.37 bits per heavy atom. The molecule has 1 saturated heterocycles. The van der Waals surface area contributed by atoms with E-state index in [1.165, 1.54) is 0 Å². The number of aliphatic carboxylic acids is 1. The van der Waals surface area contributed by atoms with Gasteiger partial charge < -0.3 is 20.1 Å². The Labute approximate surface area is 113 Å². The SMILES string of the molecule is COC(C1CC1)C(C)NC(=O)N1CCC(C(=O)O)C1. The monoisotopic (exact) mass is 270 g/mol. The maximum atomic E-state index is 12.1. The van der Waals surface area contributed by atoms with Crippen LogP contribution in [0.5, 0.6) is 0 Å². The van der Waals surface area contributed by atoms with E-state index in [4.69, 9.17) is 9.84 Å². The van der Waals surface area contributed by atoms with Gasteiger partial charge in [-0.25, -0.2) is 4.79 Å². The molecule has 3 unspecified atom stereocenters. The third-order valence-electron chi connectivity index (χ3n) is 4.03. The standard InChI is InChI=1S/C13H22N2O4/c1-8(11(19-2)9-3-4-9)14-13(18)15-6-5-10(7-15)12(16)17/h8-11H,3-7H2,1-2H3,(H,14,18)(H,16,17). The summed E-state index contributed by atoms with van der Waals surface area (Å²) < 4.78 is 5.43. The topological polar surface area (TPSA) is 78.9 Å². The van der Waals surface area contributed by atoms with E-state index in [0.717, 1.165) is 12.8 Å². The summed E-state index contributed by atoms with van der Waals surface area (Å²) in [5, 5.41) is 11.8. The number of nitrogens with one attached hydrogen (secondary N) is 1. The van der Waals surface area contributed by atoms with Crippen molar-refractivity contribution in [2.75, 3.05) is 20.2 Å². The Kier molecular flexibility index (Phi) is 4.29. The Balaban J connectivity index is 1.82.